The first kappa shape index (κ1) is 18.7. The van der Waals surface area contributed by atoms with E-state index in [-0.39, 0.29) is 24.2 Å². The van der Waals surface area contributed by atoms with E-state index in [1.165, 1.54) is 17.7 Å². The van der Waals surface area contributed by atoms with E-state index in [4.69, 9.17) is 14.2 Å². The van der Waals surface area contributed by atoms with Crippen LogP contribution >= 0.6 is 0 Å². The fourth-order valence-electron chi connectivity index (χ4n) is 2.73. The molecule has 0 bridgehead atoms. The summed E-state index contributed by atoms with van der Waals surface area (Å²) in [6, 6.07) is 2.79. The molecule has 0 saturated carbocycles. The molecule has 0 aromatic heterocycles. The molecule has 5 heteroatoms. The normalized spacial score (nSPS) is 17.5. The van der Waals surface area contributed by atoms with Crippen molar-refractivity contribution in [3.63, 3.8) is 0 Å². The average Bonchev–Trinajstić information content (AvgIpc) is 2.59. The number of halogens is 2. The third-order valence-corrected chi connectivity index (χ3v) is 3.98. The summed E-state index contributed by atoms with van der Waals surface area (Å²) in [5.74, 6) is -2.17. The second-order valence-electron chi connectivity index (χ2n) is 5.89. The zero-order chi connectivity index (χ0) is 17.4. The lowest BCUT2D eigenvalue weighted by atomic mass is 10.0. The SMILES string of the molecule is CCCC1=CCC(CCCOc2ccc(OCC)c(F)c2F)OC1. The van der Waals surface area contributed by atoms with Crippen LogP contribution in [0.15, 0.2) is 23.8 Å². The molecule has 1 atom stereocenters. The van der Waals surface area contributed by atoms with Gasteiger partial charge in [0.2, 0.25) is 11.6 Å². The van der Waals surface area contributed by atoms with Crippen LogP contribution in [0.2, 0.25) is 0 Å². The van der Waals surface area contributed by atoms with Crippen molar-refractivity contribution < 1.29 is 23.0 Å². The first-order valence-electron chi connectivity index (χ1n) is 8.68. The highest BCUT2D eigenvalue weighted by Gasteiger charge is 2.17. The Morgan fingerprint density at radius 1 is 1.12 bits per heavy atom. The Morgan fingerprint density at radius 2 is 1.83 bits per heavy atom. The van der Waals surface area contributed by atoms with Gasteiger partial charge in [0.05, 0.1) is 25.9 Å². The smallest absolute Gasteiger partial charge is 0.204 e. The molecule has 0 radical (unpaired) electrons. The highest BCUT2D eigenvalue weighted by Crippen LogP contribution is 2.28. The summed E-state index contributed by atoms with van der Waals surface area (Å²) in [4.78, 5) is 0. The van der Waals surface area contributed by atoms with Gasteiger partial charge in [0.15, 0.2) is 11.5 Å². The molecule has 1 aromatic carbocycles. The number of benzene rings is 1. The summed E-state index contributed by atoms with van der Waals surface area (Å²) in [6.07, 6.45) is 7.18. The third kappa shape index (κ3) is 5.20. The molecule has 24 heavy (non-hydrogen) atoms. The molecule has 2 rings (SSSR count). The quantitative estimate of drug-likeness (QED) is 0.466. The van der Waals surface area contributed by atoms with Crippen molar-refractivity contribution in [2.75, 3.05) is 19.8 Å². The average molecular weight is 340 g/mol. The van der Waals surface area contributed by atoms with Crippen LogP contribution in [0, 0.1) is 11.6 Å². The topological polar surface area (TPSA) is 27.7 Å². The molecule has 0 spiro atoms. The summed E-state index contributed by atoms with van der Waals surface area (Å²) in [7, 11) is 0. The zero-order valence-electron chi connectivity index (χ0n) is 14.4. The molecular formula is C19H26F2O3. The Bertz CT molecular complexity index is 558. The van der Waals surface area contributed by atoms with E-state index in [1.54, 1.807) is 6.92 Å². The van der Waals surface area contributed by atoms with Gasteiger partial charge >= 0.3 is 0 Å². The summed E-state index contributed by atoms with van der Waals surface area (Å²) >= 11 is 0. The molecule has 1 aliphatic heterocycles. The first-order chi connectivity index (χ1) is 11.7. The Balaban J connectivity index is 1.74. The van der Waals surface area contributed by atoms with Crippen molar-refractivity contribution in [1.29, 1.82) is 0 Å². The third-order valence-electron chi connectivity index (χ3n) is 3.98. The molecule has 0 aliphatic carbocycles. The van der Waals surface area contributed by atoms with E-state index >= 15 is 0 Å². The van der Waals surface area contributed by atoms with Gasteiger partial charge in [-0.1, -0.05) is 19.4 Å². The van der Waals surface area contributed by atoms with Crippen molar-refractivity contribution in [3.8, 4) is 11.5 Å². The van der Waals surface area contributed by atoms with Gasteiger partial charge in [0.25, 0.3) is 0 Å². The second-order valence-corrected chi connectivity index (χ2v) is 5.89. The van der Waals surface area contributed by atoms with Crippen LogP contribution in [0.5, 0.6) is 11.5 Å². The molecule has 1 unspecified atom stereocenters. The summed E-state index contributed by atoms with van der Waals surface area (Å²) in [5.41, 5.74) is 1.37. The molecule has 1 aromatic rings. The molecule has 1 heterocycles. The van der Waals surface area contributed by atoms with E-state index in [1.807, 2.05) is 0 Å². The minimum atomic E-state index is -1.00. The van der Waals surface area contributed by atoms with Gasteiger partial charge in [-0.05, 0) is 50.3 Å². The van der Waals surface area contributed by atoms with Crippen LogP contribution in [0.25, 0.3) is 0 Å². The van der Waals surface area contributed by atoms with E-state index in [0.717, 1.165) is 32.1 Å². The van der Waals surface area contributed by atoms with Crippen molar-refractivity contribution in [2.45, 2.75) is 52.1 Å². The Hall–Kier alpha value is -1.62. The summed E-state index contributed by atoms with van der Waals surface area (Å²) in [6.45, 7) is 5.20. The van der Waals surface area contributed by atoms with Gasteiger partial charge < -0.3 is 14.2 Å². The van der Waals surface area contributed by atoms with Crippen molar-refractivity contribution in [1.82, 2.24) is 0 Å². The van der Waals surface area contributed by atoms with Crippen molar-refractivity contribution in [3.05, 3.63) is 35.4 Å². The van der Waals surface area contributed by atoms with Gasteiger partial charge in [0, 0.05) is 0 Å². The number of rotatable bonds is 9. The lowest BCUT2D eigenvalue weighted by Crippen LogP contribution is -2.19. The van der Waals surface area contributed by atoms with Gasteiger partial charge in [-0.15, -0.1) is 0 Å². The van der Waals surface area contributed by atoms with E-state index in [9.17, 15) is 8.78 Å². The van der Waals surface area contributed by atoms with Gasteiger partial charge in [-0.3, -0.25) is 0 Å². The fraction of sp³-hybridized carbons (Fsp3) is 0.579. The maximum Gasteiger partial charge on any atom is 0.204 e. The molecule has 3 nitrogen and oxygen atoms in total. The van der Waals surface area contributed by atoms with E-state index in [0.29, 0.717) is 13.2 Å². The van der Waals surface area contributed by atoms with Crippen LogP contribution in [0.1, 0.15) is 46.0 Å². The minimum Gasteiger partial charge on any atom is -0.491 e. The minimum absolute atomic E-state index is 0.0781. The monoisotopic (exact) mass is 340 g/mol. The molecule has 1 aliphatic rings. The van der Waals surface area contributed by atoms with Crippen molar-refractivity contribution in [2.24, 2.45) is 0 Å². The van der Waals surface area contributed by atoms with Crippen molar-refractivity contribution >= 4 is 0 Å². The summed E-state index contributed by atoms with van der Waals surface area (Å²) < 4.78 is 43.8. The Labute approximate surface area is 142 Å². The Kier molecular flexibility index (Phi) is 7.50. The predicted octanol–water partition coefficient (Wildman–Crippen LogP) is 5.04. The standard InChI is InChI=1S/C19H26F2O3/c1-3-6-14-8-9-15(24-13-14)7-5-12-23-17-11-10-16(22-4-2)18(20)19(17)21/h8,10-11,15H,3-7,9,12-13H2,1-2H3. The van der Waals surface area contributed by atoms with Crippen LogP contribution in [0.3, 0.4) is 0 Å². The van der Waals surface area contributed by atoms with Gasteiger partial charge in [-0.25, -0.2) is 0 Å². The molecule has 134 valence electrons. The maximum absolute atomic E-state index is 13.9. The second kappa shape index (κ2) is 9.62. The Morgan fingerprint density at radius 3 is 2.42 bits per heavy atom. The highest BCUT2D eigenvalue weighted by molar-refractivity contribution is 5.35. The maximum atomic E-state index is 13.9. The molecule has 0 saturated heterocycles. The first-order valence-corrected chi connectivity index (χ1v) is 8.68. The fourth-order valence-corrected chi connectivity index (χ4v) is 2.73. The highest BCUT2D eigenvalue weighted by atomic mass is 19.2. The van der Waals surface area contributed by atoms with E-state index < -0.39 is 11.6 Å². The van der Waals surface area contributed by atoms with Crippen LogP contribution in [-0.2, 0) is 4.74 Å². The van der Waals surface area contributed by atoms with Crippen LogP contribution in [-0.4, -0.2) is 25.9 Å². The molecule has 0 amide bonds. The predicted molar refractivity (Wildman–Crippen MR) is 89.6 cm³/mol. The van der Waals surface area contributed by atoms with Crippen LogP contribution < -0.4 is 9.47 Å². The number of hydrogen-bond donors (Lipinski definition) is 0. The zero-order valence-corrected chi connectivity index (χ0v) is 14.4. The van der Waals surface area contributed by atoms with Crippen LogP contribution in [0.4, 0.5) is 8.78 Å². The van der Waals surface area contributed by atoms with Gasteiger partial charge in [0.1, 0.15) is 0 Å². The number of ether oxygens (including phenoxy) is 3. The van der Waals surface area contributed by atoms with Gasteiger partial charge in [-0.2, -0.15) is 8.78 Å². The largest absolute Gasteiger partial charge is 0.491 e. The lowest BCUT2D eigenvalue weighted by Gasteiger charge is -2.22. The summed E-state index contributed by atoms with van der Waals surface area (Å²) in [5, 5.41) is 0. The van der Waals surface area contributed by atoms with E-state index in [2.05, 4.69) is 13.0 Å². The molecular weight excluding hydrogens is 314 g/mol. The number of hydrogen-bond acceptors (Lipinski definition) is 3. The molecule has 0 fully saturated rings. The molecule has 0 N–H and O–H groups in total. The lowest BCUT2D eigenvalue weighted by molar-refractivity contribution is 0.0500.